The molecule has 1 amide bonds. The first-order chi connectivity index (χ1) is 15.7. The van der Waals surface area contributed by atoms with Gasteiger partial charge in [0.1, 0.15) is 0 Å². The molecule has 0 aliphatic carbocycles. The summed E-state index contributed by atoms with van der Waals surface area (Å²) in [5, 5.41) is 12.0. The number of anilines is 1. The average molecular weight is 446 g/mol. The summed E-state index contributed by atoms with van der Waals surface area (Å²) < 4.78 is 6.58. The molecule has 0 atom stereocenters. The highest BCUT2D eigenvalue weighted by atomic mass is 32.2. The molecule has 0 spiro atoms. The fraction of sp³-hybridized carbons (Fsp3) is 0.0870. The van der Waals surface area contributed by atoms with Gasteiger partial charge in [0, 0.05) is 29.3 Å². The Morgan fingerprint density at radius 2 is 1.78 bits per heavy atom. The minimum absolute atomic E-state index is 0.136. The molecule has 0 saturated heterocycles. The normalized spacial score (nSPS) is 10.5. The van der Waals surface area contributed by atoms with Crippen LogP contribution in [-0.4, -0.2) is 44.5 Å². The van der Waals surface area contributed by atoms with Crippen LogP contribution in [0.25, 0.3) is 17.1 Å². The molecule has 0 aliphatic rings. The van der Waals surface area contributed by atoms with Gasteiger partial charge in [-0.1, -0.05) is 30.0 Å². The lowest BCUT2D eigenvalue weighted by Crippen LogP contribution is -2.14. The Kier molecular flexibility index (Phi) is 6.57. The minimum Gasteiger partial charge on any atom is -0.465 e. The predicted octanol–water partition coefficient (Wildman–Crippen LogP) is 3.85. The number of para-hydroxylation sites is 1. The summed E-state index contributed by atoms with van der Waals surface area (Å²) in [4.78, 5) is 28.2. The van der Waals surface area contributed by atoms with E-state index in [9.17, 15) is 9.59 Å². The minimum atomic E-state index is -0.428. The third-order valence-electron chi connectivity index (χ3n) is 4.49. The fourth-order valence-corrected chi connectivity index (χ4v) is 3.74. The van der Waals surface area contributed by atoms with Crippen LogP contribution in [0.5, 0.6) is 0 Å². The van der Waals surface area contributed by atoms with E-state index < -0.39 is 5.97 Å². The molecule has 0 saturated carbocycles. The van der Waals surface area contributed by atoms with Gasteiger partial charge in [-0.05, 0) is 48.5 Å². The zero-order valence-electron chi connectivity index (χ0n) is 17.1. The summed E-state index contributed by atoms with van der Waals surface area (Å²) in [5.41, 5.74) is 2.71. The molecular weight excluding hydrogens is 426 g/mol. The Hall–Kier alpha value is -3.98. The molecule has 4 rings (SSSR count). The molecule has 0 radical (unpaired) electrons. The van der Waals surface area contributed by atoms with Crippen LogP contribution in [0.3, 0.4) is 0 Å². The van der Waals surface area contributed by atoms with E-state index in [1.54, 1.807) is 36.7 Å². The molecule has 2 heterocycles. The number of benzene rings is 2. The Labute approximate surface area is 188 Å². The maximum absolute atomic E-state index is 12.5. The Bertz CT molecular complexity index is 1210. The van der Waals surface area contributed by atoms with Crippen LogP contribution in [0.2, 0.25) is 0 Å². The number of rotatable bonds is 7. The molecule has 9 heteroatoms. The highest BCUT2D eigenvalue weighted by molar-refractivity contribution is 7.99. The van der Waals surface area contributed by atoms with Crippen molar-refractivity contribution >= 4 is 29.3 Å². The zero-order chi connectivity index (χ0) is 22.3. The molecule has 1 N–H and O–H groups in total. The van der Waals surface area contributed by atoms with Crippen LogP contribution in [0, 0.1) is 0 Å². The monoisotopic (exact) mass is 445 g/mol. The van der Waals surface area contributed by atoms with Crippen LogP contribution >= 0.6 is 11.8 Å². The standard InChI is InChI=1S/C23H19N5O3S/c1-31-22(30)16-9-11-18(12-10-16)25-20(29)15-32-23-27-26-21(17-6-5-13-24-14-17)28(23)19-7-3-2-4-8-19/h2-14H,15H2,1H3,(H,25,29). The van der Waals surface area contributed by atoms with Crippen molar-refractivity contribution in [2.45, 2.75) is 5.16 Å². The second-order valence-corrected chi connectivity index (χ2v) is 7.57. The van der Waals surface area contributed by atoms with Crippen LogP contribution in [0.4, 0.5) is 5.69 Å². The summed E-state index contributed by atoms with van der Waals surface area (Å²) in [6.45, 7) is 0. The van der Waals surface area contributed by atoms with Gasteiger partial charge in [0.2, 0.25) is 5.91 Å². The van der Waals surface area contributed by atoms with Gasteiger partial charge < -0.3 is 10.1 Å². The Morgan fingerprint density at radius 3 is 2.47 bits per heavy atom. The van der Waals surface area contributed by atoms with Crippen LogP contribution in [0.15, 0.2) is 84.3 Å². The summed E-state index contributed by atoms with van der Waals surface area (Å²) in [5.74, 6) is 0.150. The van der Waals surface area contributed by atoms with Crippen LogP contribution in [0.1, 0.15) is 10.4 Å². The number of thioether (sulfide) groups is 1. The smallest absolute Gasteiger partial charge is 0.337 e. The van der Waals surface area contributed by atoms with Crippen molar-refractivity contribution in [3.05, 3.63) is 84.7 Å². The van der Waals surface area contributed by atoms with E-state index in [-0.39, 0.29) is 11.7 Å². The van der Waals surface area contributed by atoms with Gasteiger partial charge in [-0.15, -0.1) is 10.2 Å². The van der Waals surface area contributed by atoms with Crippen molar-refractivity contribution in [3.8, 4) is 17.1 Å². The van der Waals surface area contributed by atoms with Gasteiger partial charge >= 0.3 is 5.97 Å². The summed E-state index contributed by atoms with van der Waals surface area (Å²) in [6, 6.07) is 20.0. The lowest BCUT2D eigenvalue weighted by Gasteiger charge is -2.10. The lowest BCUT2D eigenvalue weighted by molar-refractivity contribution is -0.113. The van der Waals surface area contributed by atoms with E-state index in [0.717, 1.165) is 11.3 Å². The second kappa shape index (κ2) is 9.88. The van der Waals surface area contributed by atoms with Gasteiger partial charge in [-0.3, -0.25) is 14.3 Å². The predicted molar refractivity (Wildman–Crippen MR) is 122 cm³/mol. The highest BCUT2D eigenvalue weighted by Gasteiger charge is 2.17. The van der Waals surface area contributed by atoms with E-state index in [1.807, 2.05) is 47.0 Å². The number of aromatic nitrogens is 4. The fourth-order valence-electron chi connectivity index (χ4n) is 2.99. The van der Waals surface area contributed by atoms with Crippen molar-refractivity contribution in [1.29, 1.82) is 0 Å². The molecule has 0 unspecified atom stereocenters. The molecule has 2 aromatic heterocycles. The van der Waals surface area contributed by atoms with Crippen LogP contribution < -0.4 is 5.32 Å². The number of ether oxygens (including phenoxy) is 1. The number of esters is 1. The molecule has 0 aliphatic heterocycles. The molecular formula is C23H19N5O3S. The van der Waals surface area contributed by atoms with E-state index >= 15 is 0 Å². The average Bonchev–Trinajstić information content (AvgIpc) is 3.28. The molecule has 2 aromatic carbocycles. The number of methoxy groups -OCH3 is 1. The Balaban J connectivity index is 1.50. The molecule has 0 bridgehead atoms. The van der Waals surface area contributed by atoms with Gasteiger partial charge in [-0.25, -0.2) is 4.79 Å². The van der Waals surface area contributed by atoms with Gasteiger partial charge in [-0.2, -0.15) is 0 Å². The van der Waals surface area contributed by atoms with Crippen molar-refractivity contribution in [3.63, 3.8) is 0 Å². The van der Waals surface area contributed by atoms with Crippen molar-refractivity contribution in [1.82, 2.24) is 19.7 Å². The van der Waals surface area contributed by atoms with Gasteiger partial charge in [0.15, 0.2) is 11.0 Å². The first-order valence-corrected chi connectivity index (χ1v) is 10.7. The number of pyridine rings is 1. The lowest BCUT2D eigenvalue weighted by atomic mass is 10.2. The molecule has 32 heavy (non-hydrogen) atoms. The molecule has 160 valence electrons. The van der Waals surface area contributed by atoms with Crippen molar-refractivity contribution in [2.75, 3.05) is 18.2 Å². The second-order valence-electron chi connectivity index (χ2n) is 6.62. The van der Waals surface area contributed by atoms with E-state index in [4.69, 9.17) is 0 Å². The zero-order valence-corrected chi connectivity index (χ0v) is 18.0. The Morgan fingerprint density at radius 1 is 1.00 bits per heavy atom. The van der Waals surface area contributed by atoms with E-state index in [2.05, 4.69) is 25.2 Å². The van der Waals surface area contributed by atoms with Gasteiger partial charge in [0.25, 0.3) is 0 Å². The number of hydrogen-bond acceptors (Lipinski definition) is 7. The summed E-state index contributed by atoms with van der Waals surface area (Å²) >= 11 is 1.28. The van der Waals surface area contributed by atoms with E-state index in [1.165, 1.54) is 18.9 Å². The molecule has 8 nitrogen and oxygen atoms in total. The third kappa shape index (κ3) is 4.84. The van der Waals surface area contributed by atoms with Gasteiger partial charge in [0.05, 0.1) is 18.4 Å². The molecule has 4 aromatic rings. The van der Waals surface area contributed by atoms with E-state index in [0.29, 0.717) is 22.2 Å². The number of nitrogens with zero attached hydrogens (tertiary/aromatic N) is 4. The first kappa shape index (κ1) is 21.3. The maximum atomic E-state index is 12.5. The number of carbonyl (C=O) groups is 2. The number of nitrogens with one attached hydrogen (secondary N) is 1. The third-order valence-corrected chi connectivity index (χ3v) is 5.42. The van der Waals surface area contributed by atoms with Crippen molar-refractivity contribution < 1.29 is 14.3 Å². The quantitative estimate of drug-likeness (QED) is 0.341. The number of hydrogen-bond donors (Lipinski definition) is 1. The SMILES string of the molecule is COC(=O)c1ccc(NC(=O)CSc2nnc(-c3cccnc3)n2-c2ccccc2)cc1. The largest absolute Gasteiger partial charge is 0.465 e. The topological polar surface area (TPSA) is 99.0 Å². The number of carbonyl (C=O) groups excluding carboxylic acids is 2. The highest BCUT2D eigenvalue weighted by Crippen LogP contribution is 2.27. The van der Waals surface area contributed by atoms with Crippen LogP contribution in [-0.2, 0) is 9.53 Å². The molecule has 0 fully saturated rings. The maximum Gasteiger partial charge on any atom is 0.337 e. The summed E-state index contributed by atoms with van der Waals surface area (Å²) in [7, 11) is 1.32. The van der Waals surface area contributed by atoms with Crippen molar-refractivity contribution in [2.24, 2.45) is 0 Å². The summed E-state index contributed by atoms with van der Waals surface area (Å²) in [6.07, 6.45) is 3.42. The first-order valence-electron chi connectivity index (χ1n) is 9.68. The number of amides is 1.